The van der Waals surface area contributed by atoms with Gasteiger partial charge in [0, 0.05) is 24.2 Å². The van der Waals surface area contributed by atoms with Gasteiger partial charge in [-0.15, -0.1) is 0 Å². The molecule has 0 aromatic heterocycles. The van der Waals surface area contributed by atoms with Crippen molar-refractivity contribution in [2.45, 2.75) is 26.4 Å². The molecule has 0 radical (unpaired) electrons. The highest BCUT2D eigenvalue weighted by molar-refractivity contribution is 5.51. The lowest BCUT2D eigenvalue weighted by atomic mass is 10.0. The molecule has 0 saturated carbocycles. The second-order valence-corrected chi connectivity index (χ2v) is 4.75. The monoisotopic (exact) mass is 253 g/mol. The zero-order valence-electron chi connectivity index (χ0n) is 10.6. The summed E-state index contributed by atoms with van der Waals surface area (Å²) in [6, 6.07) is 3.33. The molecule has 100 valence electrons. The van der Waals surface area contributed by atoms with Crippen molar-refractivity contribution < 1.29 is 19.7 Å². The first kappa shape index (κ1) is 13.0. The molecule has 0 fully saturated rings. The topological polar surface area (TPSA) is 71.0 Å². The van der Waals surface area contributed by atoms with E-state index in [2.05, 4.69) is 5.32 Å². The number of phenolic OH excluding ortho intramolecular Hbond substituents is 1. The summed E-state index contributed by atoms with van der Waals surface area (Å²) in [5.74, 6) is 1.71. The Kier molecular flexibility index (Phi) is 3.93. The molecule has 0 unspecified atom stereocenters. The average Bonchev–Trinajstić information content (AvgIpc) is 2.76. The van der Waals surface area contributed by atoms with Crippen LogP contribution < -0.4 is 14.8 Å². The summed E-state index contributed by atoms with van der Waals surface area (Å²) < 4.78 is 10.4. The van der Waals surface area contributed by atoms with Crippen LogP contribution in [0.4, 0.5) is 0 Å². The first-order valence-electron chi connectivity index (χ1n) is 6.07. The van der Waals surface area contributed by atoms with Gasteiger partial charge < -0.3 is 25.0 Å². The molecule has 0 saturated heterocycles. The number of ether oxygens (including phenoxy) is 2. The van der Waals surface area contributed by atoms with Gasteiger partial charge in [0.25, 0.3) is 0 Å². The van der Waals surface area contributed by atoms with Crippen molar-refractivity contribution in [3.05, 3.63) is 17.7 Å². The number of phenols is 1. The van der Waals surface area contributed by atoms with E-state index < -0.39 is 0 Å². The first-order chi connectivity index (χ1) is 8.61. The van der Waals surface area contributed by atoms with Crippen molar-refractivity contribution >= 4 is 0 Å². The Morgan fingerprint density at radius 1 is 1.28 bits per heavy atom. The van der Waals surface area contributed by atoms with Gasteiger partial charge in [-0.3, -0.25) is 0 Å². The molecular weight excluding hydrogens is 234 g/mol. The average molecular weight is 253 g/mol. The van der Waals surface area contributed by atoms with Crippen molar-refractivity contribution in [3.63, 3.8) is 0 Å². The molecule has 0 spiro atoms. The third-order valence-electron chi connectivity index (χ3n) is 3.13. The number of aliphatic hydroxyl groups excluding tert-OH is 1. The fourth-order valence-electron chi connectivity index (χ4n) is 1.87. The Morgan fingerprint density at radius 3 is 2.56 bits per heavy atom. The zero-order valence-corrected chi connectivity index (χ0v) is 10.6. The van der Waals surface area contributed by atoms with E-state index in [0.717, 1.165) is 5.56 Å². The Balaban J connectivity index is 2.05. The lowest BCUT2D eigenvalue weighted by Gasteiger charge is -2.20. The maximum atomic E-state index is 9.86. The molecule has 0 aliphatic carbocycles. The van der Waals surface area contributed by atoms with Gasteiger partial charge in [0.1, 0.15) is 5.75 Å². The summed E-state index contributed by atoms with van der Waals surface area (Å²) in [7, 11) is 0. The molecule has 5 nitrogen and oxygen atoms in total. The van der Waals surface area contributed by atoms with Gasteiger partial charge in [0.2, 0.25) is 6.79 Å². The summed E-state index contributed by atoms with van der Waals surface area (Å²) in [5, 5.41) is 22.3. The van der Waals surface area contributed by atoms with Gasteiger partial charge in [0.05, 0.1) is 6.61 Å². The second-order valence-electron chi connectivity index (χ2n) is 4.75. The molecule has 18 heavy (non-hydrogen) atoms. The van der Waals surface area contributed by atoms with Gasteiger partial charge in [-0.05, 0) is 12.0 Å². The van der Waals surface area contributed by atoms with Crippen LogP contribution in [0.25, 0.3) is 0 Å². The van der Waals surface area contributed by atoms with Crippen molar-refractivity contribution in [2.75, 3.05) is 13.4 Å². The Morgan fingerprint density at radius 2 is 1.94 bits per heavy atom. The molecule has 0 amide bonds. The van der Waals surface area contributed by atoms with Crippen LogP contribution in [0.15, 0.2) is 12.1 Å². The predicted molar refractivity (Wildman–Crippen MR) is 66.8 cm³/mol. The maximum Gasteiger partial charge on any atom is 0.231 e. The van der Waals surface area contributed by atoms with E-state index in [4.69, 9.17) is 9.47 Å². The van der Waals surface area contributed by atoms with Crippen LogP contribution in [0, 0.1) is 5.92 Å². The number of rotatable bonds is 5. The zero-order chi connectivity index (χ0) is 13.1. The van der Waals surface area contributed by atoms with E-state index in [9.17, 15) is 10.2 Å². The lowest BCUT2D eigenvalue weighted by molar-refractivity contribution is 0.174. The quantitative estimate of drug-likeness (QED) is 0.736. The summed E-state index contributed by atoms with van der Waals surface area (Å²) in [6.07, 6.45) is 0. The van der Waals surface area contributed by atoms with Gasteiger partial charge in [-0.2, -0.15) is 0 Å². The Labute approximate surface area is 106 Å². The van der Waals surface area contributed by atoms with Gasteiger partial charge in [-0.25, -0.2) is 0 Å². The molecule has 1 aromatic rings. The fraction of sp³-hybridized carbons (Fsp3) is 0.538. The fourth-order valence-corrected chi connectivity index (χ4v) is 1.87. The molecule has 1 atom stereocenters. The van der Waals surface area contributed by atoms with Crippen LogP contribution >= 0.6 is 0 Å². The minimum atomic E-state index is 0.00910. The highest BCUT2D eigenvalue weighted by Crippen LogP contribution is 2.37. The number of hydrogen-bond donors (Lipinski definition) is 3. The van der Waals surface area contributed by atoms with Crippen LogP contribution in [-0.2, 0) is 6.54 Å². The van der Waals surface area contributed by atoms with Gasteiger partial charge in [0.15, 0.2) is 11.5 Å². The van der Waals surface area contributed by atoms with E-state index in [1.165, 1.54) is 0 Å². The van der Waals surface area contributed by atoms with Gasteiger partial charge >= 0.3 is 0 Å². The van der Waals surface area contributed by atoms with Crippen LogP contribution in [-0.4, -0.2) is 29.7 Å². The Hall–Kier alpha value is -1.46. The Bertz CT molecular complexity index is 420. The molecule has 1 aromatic carbocycles. The van der Waals surface area contributed by atoms with Gasteiger partial charge in [-0.1, -0.05) is 13.8 Å². The van der Waals surface area contributed by atoms with Crippen molar-refractivity contribution in [2.24, 2.45) is 5.92 Å². The van der Waals surface area contributed by atoms with Crippen LogP contribution in [0.1, 0.15) is 19.4 Å². The molecular formula is C13H19NO4. The van der Waals surface area contributed by atoms with E-state index >= 15 is 0 Å². The third-order valence-corrected chi connectivity index (χ3v) is 3.13. The summed E-state index contributed by atoms with van der Waals surface area (Å²) in [4.78, 5) is 0. The largest absolute Gasteiger partial charge is 0.507 e. The highest BCUT2D eigenvalue weighted by atomic mass is 16.7. The number of fused-ring (bicyclic) bond motifs is 1. The third kappa shape index (κ3) is 2.68. The smallest absolute Gasteiger partial charge is 0.231 e. The first-order valence-corrected chi connectivity index (χ1v) is 6.07. The summed E-state index contributed by atoms with van der Waals surface area (Å²) >= 11 is 0. The van der Waals surface area contributed by atoms with Crippen LogP contribution in [0.5, 0.6) is 17.2 Å². The number of benzene rings is 1. The van der Waals surface area contributed by atoms with E-state index in [0.29, 0.717) is 24.0 Å². The number of nitrogens with one attached hydrogen (secondary N) is 1. The van der Waals surface area contributed by atoms with Crippen LogP contribution in [0.3, 0.4) is 0 Å². The molecule has 2 rings (SSSR count). The van der Waals surface area contributed by atoms with E-state index in [1.54, 1.807) is 12.1 Å². The molecule has 5 heteroatoms. The normalized spacial score (nSPS) is 15.1. The number of aliphatic hydroxyl groups is 1. The minimum absolute atomic E-state index is 0.00910. The molecule has 3 N–H and O–H groups in total. The van der Waals surface area contributed by atoms with Crippen molar-refractivity contribution in [3.8, 4) is 17.2 Å². The molecule has 0 bridgehead atoms. The molecule has 1 aliphatic heterocycles. The SMILES string of the molecule is CC(C)[C@@H](CO)NCc1cc2c(cc1O)OCO2. The highest BCUT2D eigenvalue weighted by Gasteiger charge is 2.18. The van der Waals surface area contributed by atoms with E-state index in [-0.39, 0.29) is 25.2 Å². The minimum Gasteiger partial charge on any atom is -0.507 e. The second kappa shape index (κ2) is 5.46. The lowest BCUT2D eigenvalue weighted by Crippen LogP contribution is -2.36. The molecule has 1 aliphatic rings. The number of hydrogen-bond acceptors (Lipinski definition) is 5. The standard InChI is InChI=1S/C13H19NO4/c1-8(2)10(6-15)14-5-9-3-12-13(4-11(9)16)18-7-17-12/h3-4,8,10,14-16H,5-7H2,1-2H3/t10-/m1/s1. The van der Waals surface area contributed by atoms with Crippen molar-refractivity contribution in [1.29, 1.82) is 0 Å². The maximum absolute atomic E-state index is 9.86. The summed E-state index contributed by atoms with van der Waals surface area (Å²) in [6.45, 7) is 4.81. The summed E-state index contributed by atoms with van der Waals surface area (Å²) in [5.41, 5.74) is 0.735. The van der Waals surface area contributed by atoms with Crippen molar-refractivity contribution in [1.82, 2.24) is 5.32 Å². The molecule has 1 heterocycles. The predicted octanol–water partition coefficient (Wildman–Crippen LogP) is 1.23. The van der Waals surface area contributed by atoms with E-state index in [1.807, 2.05) is 13.8 Å². The van der Waals surface area contributed by atoms with Crippen LogP contribution in [0.2, 0.25) is 0 Å². The number of aromatic hydroxyl groups is 1.